The van der Waals surface area contributed by atoms with Crippen molar-refractivity contribution in [2.45, 2.75) is 12.2 Å². The van der Waals surface area contributed by atoms with E-state index in [4.69, 9.17) is 17.3 Å². The lowest BCUT2D eigenvalue weighted by Crippen LogP contribution is -2.27. The standard InChI is InChI=1S/C11H14ClNO4/c1-17-11(16)7-3-2-6(4-8(7)12)10(15)9(14)5-13/h2-4,9-10,14-15H,5,13H2,1H3. The first kappa shape index (κ1) is 13.9. The van der Waals surface area contributed by atoms with Gasteiger partial charge in [-0.3, -0.25) is 0 Å². The third-order valence-electron chi connectivity index (χ3n) is 2.35. The third kappa shape index (κ3) is 3.17. The second-order valence-electron chi connectivity index (χ2n) is 3.48. The van der Waals surface area contributed by atoms with Gasteiger partial charge in [0.1, 0.15) is 6.10 Å². The van der Waals surface area contributed by atoms with Crippen LogP contribution in [-0.4, -0.2) is 35.9 Å². The maximum absolute atomic E-state index is 11.3. The highest BCUT2D eigenvalue weighted by Gasteiger charge is 2.19. The van der Waals surface area contributed by atoms with E-state index in [2.05, 4.69) is 4.74 Å². The summed E-state index contributed by atoms with van der Waals surface area (Å²) >= 11 is 5.87. The molecule has 0 aromatic heterocycles. The molecule has 0 saturated carbocycles. The lowest BCUT2D eigenvalue weighted by molar-refractivity contribution is 0.0243. The first-order valence-electron chi connectivity index (χ1n) is 4.95. The fourth-order valence-corrected chi connectivity index (χ4v) is 1.61. The molecule has 2 atom stereocenters. The molecule has 0 amide bonds. The van der Waals surface area contributed by atoms with Crippen molar-refractivity contribution in [3.05, 3.63) is 34.3 Å². The van der Waals surface area contributed by atoms with E-state index in [1.807, 2.05) is 0 Å². The summed E-state index contributed by atoms with van der Waals surface area (Å²) in [7, 11) is 1.25. The van der Waals surface area contributed by atoms with Crippen molar-refractivity contribution in [2.24, 2.45) is 5.73 Å². The van der Waals surface area contributed by atoms with Crippen molar-refractivity contribution >= 4 is 17.6 Å². The maximum atomic E-state index is 11.3. The maximum Gasteiger partial charge on any atom is 0.339 e. The van der Waals surface area contributed by atoms with Crippen LogP contribution in [0, 0.1) is 0 Å². The van der Waals surface area contributed by atoms with Crippen LogP contribution in [0.2, 0.25) is 5.02 Å². The number of halogens is 1. The van der Waals surface area contributed by atoms with E-state index in [0.717, 1.165) is 0 Å². The number of aliphatic hydroxyl groups excluding tert-OH is 2. The zero-order chi connectivity index (χ0) is 13.0. The van der Waals surface area contributed by atoms with E-state index in [-0.39, 0.29) is 17.1 Å². The van der Waals surface area contributed by atoms with E-state index in [0.29, 0.717) is 5.56 Å². The second kappa shape index (κ2) is 5.97. The number of benzene rings is 1. The van der Waals surface area contributed by atoms with Crippen LogP contribution in [0.15, 0.2) is 18.2 Å². The Morgan fingerprint density at radius 3 is 2.65 bits per heavy atom. The molecule has 1 rings (SSSR count). The van der Waals surface area contributed by atoms with Gasteiger partial charge in [0.05, 0.1) is 23.8 Å². The number of ether oxygens (including phenoxy) is 1. The average molecular weight is 260 g/mol. The van der Waals surface area contributed by atoms with Gasteiger partial charge in [-0.1, -0.05) is 17.7 Å². The summed E-state index contributed by atoms with van der Waals surface area (Å²) in [6, 6.07) is 4.31. The Morgan fingerprint density at radius 1 is 1.53 bits per heavy atom. The van der Waals surface area contributed by atoms with Crippen molar-refractivity contribution in [1.82, 2.24) is 0 Å². The Morgan fingerprint density at radius 2 is 2.18 bits per heavy atom. The largest absolute Gasteiger partial charge is 0.465 e. The fraction of sp³-hybridized carbons (Fsp3) is 0.364. The van der Waals surface area contributed by atoms with Gasteiger partial charge in [-0.2, -0.15) is 0 Å². The number of esters is 1. The fourth-order valence-electron chi connectivity index (χ4n) is 1.34. The average Bonchev–Trinajstić information content (AvgIpc) is 2.35. The normalized spacial score (nSPS) is 14.2. The highest BCUT2D eigenvalue weighted by molar-refractivity contribution is 6.33. The predicted octanol–water partition coefficient (Wildman–Crippen LogP) is 0.480. The summed E-state index contributed by atoms with van der Waals surface area (Å²) in [5.74, 6) is -0.560. The van der Waals surface area contributed by atoms with Crippen molar-refractivity contribution in [2.75, 3.05) is 13.7 Å². The molecule has 0 fully saturated rings. The summed E-state index contributed by atoms with van der Waals surface area (Å²) in [4.78, 5) is 11.3. The van der Waals surface area contributed by atoms with Crippen LogP contribution < -0.4 is 5.73 Å². The van der Waals surface area contributed by atoms with Crippen molar-refractivity contribution < 1.29 is 19.7 Å². The number of hydrogen-bond acceptors (Lipinski definition) is 5. The van der Waals surface area contributed by atoms with E-state index in [1.54, 1.807) is 0 Å². The minimum Gasteiger partial charge on any atom is -0.465 e. The van der Waals surface area contributed by atoms with Crippen LogP contribution in [0.25, 0.3) is 0 Å². The van der Waals surface area contributed by atoms with E-state index < -0.39 is 18.2 Å². The molecule has 1 aromatic carbocycles. The van der Waals surface area contributed by atoms with E-state index in [9.17, 15) is 15.0 Å². The van der Waals surface area contributed by atoms with Crippen LogP contribution >= 0.6 is 11.6 Å². The van der Waals surface area contributed by atoms with Crippen molar-refractivity contribution in [1.29, 1.82) is 0 Å². The minimum absolute atomic E-state index is 0.0719. The summed E-state index contributed by atoms with van der Waals surface area (Å²) in [5, 5.41) is 19.2. The summed E-state index contributed by atoms with van der Waals surface area (Å²) < 4.78 is 4.53. The van der Waals surface area contributed by atoms with Gasteiger partial charge in [0.25, 0.3) is 0 Å². The zero-order valence-electron chi connectivity index (χ0n) is 9.26. The van der Waals surface area contributed by atoms with Gasteiger partial charge in [-0.15, -0.1) is 0 Å². The van der Waals surface area contributed by atoms with Gasteiger partial charge in [0, 0.05) is 6.54 Å². The molecule has 0 bridgehead atoms. The van der Waals surface area contributed by atoms with E-state index >= 15 is 0 Å². The first-order chi connectivity index (χ1) is 8.01. The topological polar surface area (TPSA) is 92.8 Å². The monoisotopic (exact) mass is 259 g/mol. The minimum atomic E-state index is -1.14. The molecule has 0 aliphatic rings. The molecule has 0 heterocycles. The second-order valence-corrected chi connectivity index (χ2v) is 3.89. The molecule has 5 nitrogen and oxygen atoms in total. The molecule has 0 saturated heterocycles. The number of carbonyl (C=O) groups excluding carboxylic acids is 1. The highest BCUT2D eigenvalue weighted by atomic mass is 35.5. The Hall–Kier alpha value is -1.14. The number of hydrogen-bond donors (Lipinski definition) is 3. The molecular formula is C11H14ClNO4. The molecule has 4 N–H and O–H groups in total. The number of rotatable bonds is 4. The van der Waals surface area contributed by atoms with Gasteiger partial charge >= 0.3 is 5.97 Å². The molecule has 2 unspecified atom stereocenters. The van der Waals surface area contributed by atoms with Crippen LogP contribution in [-0.2, 0) is 4.74 Å². The Kier molecular flexibility index (Phi) is 4.89. The summed E-state index contributed by atoms with van der Waals surface area (Å²) in [6.45, 7) is -0.0719. The smallest absolute Gasteiger partial charge is 0.339 e. The molecule has 0 spiro atoms. The third-order valence-corrected chi connectivity index (χ3v) is 2.66. The molecule has 0 aliphatic carbocycles. The lowest BCUT2D eigenvalue weighted by atomic mass is 10.0. The van der Waals surface area contributed by atoms with Crippen LogP contribution in [0.1, 0.15) is 22.0 Å². The quantitative estimate of drug-likeness (QED) is 0.684. The molecule has 6 heteroatoms. The Labute approximate surface area is 104 Å². The SMILES string of the molecule is COC(=O)c1ccc(C(O)C(O)CN)cc1Cl. The van der Waals surface area contributed by atoms with Crippen LogP contribution in [0.4, 0.5) is 0 Å². The number of carbonyl (C=O) groups is 1. The van der Waals surface area contributed by atoms with Gasteiger partial charge in [-0.05, 0) is 17.7 Å². The van der Waals surface area contributed by atoms with Gasteiger partial charge in [0.2, 0.25) is 0 Å². The molecule has 1 aromatic rings. The Bertz CT molecular complexity index is 410. The summed E-state index contributed by atoms with van der Waals surface area (Å²) in [5.41, 5.74) is 5.82. The number of nitrogens with two attached hydrogens (primary N) is 1. The van der Waals surface area contributed by atoms with E-state index in [1.165, 1.54) is 25.3 Å². The lowest BCUT2D eigenvalue weighted by Gasteiger charge is -2.17. The molecule has 0 radical (unpaired) electrons. The van der Waals surface area contributed by atoms with Crippen molar-refractivity contribution in [3.63, 3.8) is 0 Å². The number of aliphatic hydroxyl groups is 2. The number of methoxy groups -OCH3 is 1. The van der Waals surface area contributed by atoms with Crippen LogP contribution in [0.3, 0.4) is 0 Å². The summed E-state index contributed by atoms with van der Waals surface area (Å²) in [6.07, 6.45) is -2.21. The molecular weight excluding hydrogens is 246 g/mol. The first-order valence-corrected chi connectivity index (χ1v) is 5.33. The van der Waals surface area contributed by atoms with Gasteiger partial charge in [0.15, 0.2) is 0 Å². The van der Waals surface area contributed by atoms with Crippen molar-refractivity contribution in [3.8, 4) is 0 Å². The van der Waals surface area contributed by atoms with Gasteiger partial charge in [-0.25, -0.2) is 4.79 Å². The molecule has 17 heavy (non-hydrogen) atoms. The zero-order valence-corrected chi connectivity index (χ0v) is 10.0. The molecule has 0 aliphatic heterocycles. The predicted molar refractivity (Wildman–Crippen MR) is 62.8 cm³/mol. The highest BCUT2D eigenvalue weighted by Crippen LogP contribution is 2.24. The van der Waals surface area contributed by atoms with Gasteiger partial charge < -0.3 is 20.7 Å². The van der Waals surface area contributed by atoms with Crippen LogP contribution in [0.5, 0.6) is 0 Å². The molecule has 94 valence electrons. The Balaban J connectivity index is 3.00.